The van der Waals surface area contributed by atoms with Crippen LogP contribution < -0.4 is 10.1 Å². The zero-order valence-electron chi connectivity index (χ0n) is 21.4. The molecule has 2 fully saturated rings. The highest BCUT2D eigenvalue weighted by Gasteiger charge is 2.26. The largest absolute Gasteiger partial charge is 0.470 e. The number of nitrogens with one attached hydrogen (secondary N) is 1. The molecule has 3 aliphatic rings. The van der Waals surface area contributed by atoms with Crippen LogP contribution in [-0.2, 0) is 17.7 Å². The van der Waals surface area contributed by atoms with Gasteiger partial charge in [-0.2, -0.15) is 0 Å². The molecule has 1 N–H and O–H groups in total. The third-order valence-electron chi connectivity index (χ3n) is 8.18. The van der Waals surface area contributed by atoms with Crippen molar-refractivity contribution in [2.45, 2.75) is 57.5 Å². The van der Waals surface area contributed by atoms with Gasteiger partial charge in [-0.25, -0.2) is 4.98 Å². The van der Waals surface area contributed by atoms with Gasteiger partial charge in [-0.15, -0.1) is 0 Å². The lowest BCUT2D eigenvalue weighted by molar-refractivity contribution is 0.0921. The highest BCUT2D eigenvalue weighted by Crippen LogP contribution is 2.32. The molecule has 3 aromatic rings. The molecule has 0 bridgehead atoms. The number of carbonyl (C=O) groups is 1. The maximum absolute atomic E-state index is 13.0. The molecule has 1 saturated heterocycles. The van der Waals surface area contributed by atoms with E-state index in [9.17, 15) is 4.79 Å². The van der Waals surface area contributed by atoms with Gasteiger partial charge >= 0.3 is 0 Å². The van der Waals surface area contributed by atoms with E-state index < -0.39 is 0 Å². The van der Waals surface area contributed by atoms with Crippen LogP contribution in [0.1, 0.15) is 59.5 Å². The Balaban J connectivity index is 0.937. The molecule has 8 heteroatoms. The van der Waals surface area contributed by atoms with Crippen LogP contribution in [0.2, 0.25) is 0 Å². The molecular formula is C29H36N4O3S. The zero-order valence-corrected chi connectivity index (χ0v) is 22.2. The molecule has 4 heterocycles. The molecule has 2 aromatic heterocycles. The minimum atomic E-state index is 0.0226. The molecule has 196 valence electrons. The van der Waals surface area contributed by atoms with E-state index in [0.29, 0.717) is 5.92 Å². The molecular weight excluding hydrogens is 484 g/mol. The SMILES string of the molecule is O=C(NC1CCC(CCN2CCc3sc(OCC4CCOC4)nc3C2)CC1)c1cccc2ncccc12. The Hall–Kier alpha value is -2.55. The van der Waals surface area contributed by atoms with E-state index in [4.69, 9.17) is 14.5 Å². The van der Waals surface area contributed by atoms with E-state index in [1.807, 2.05) is 30.3 Å². The first-order chi connectivity index (χ1) is 18.2. The van der Waals surface area contributed by atoms with Crippen molar-refractivity contribution in [3.63, 3.8) is 0 Å². The number of amides is 1. The molecule has 1 aliphatic carbocycles. The summed E-state index contributed by atoms with van der Waals surface area (Å²) in [7, 11) is 0. The van der Waals surface area contributed by atoms with Crippen LogP contribution in [0.3, 0.4) is 0 Å². The van der Waals surface area contributed by atoms with Gasteiger partial charge in [0.25, 0.3) is 11.1 Å². The summed E-state index contributed by atoms with van der Waals surface area (Å²) in [5, 5.41) is 5.04. The third-order valence-corrected chi connectivity index (χ3v) is 9.25. The highest BCUT2D eigenvalue weighted by atomic mass is 32.1. The number of carbonyl (C=O) groups excluding carboxylic acids is 1. The second kappa shape index (κ2) is 11.5. The first kappa shape index (κ1) is 24.8. The number of hydrogen-bond acceptors (Lipinski definition) is 7. The minimum absolute atomic E-state index is 0.0226. The van der Waals surface area contributed by atoms with Crippen LogP contribution in [0.4, 0.5) is 0 Å². The lowest BCUT2D eigenvalue weighted by Gasteiger charge is -2.32. The fourth-order valence-electron chi connectivity index (χ4n) is 5.91. The topological polar surface area (TPSA) is 76.6 Å². The molecule has 6 rings (SSSR count). The summed E-state index contributed by atoms with van der Waals surface area (Å²) in [5.74, 6) is 1.27. The first-order valence-electron chi connectivity index (χ1n) is 13.8. The van der Waals surface area contributed by atoms with Crippen molar-refractivity contribution < 1.29 is 14.3 Å². The molecule has 1 atom stereocenters. The van der Waals surface area contributed by atoms with E-state index in [0.717, 1.165) is 92.7 Å². The lowest BCUT2D eigenvalue weighted by Crippen LogP contribution is -2.38. The van der Waals surface area contributed by atoms with Crippen molar-refractivity contribution in [1.29, 1.82) is 0 Å². The van der Waals surface area contributed by atoms with Crippen LogP contribution in [0, 0.1) is 11.8 Å². The van der Waals surface area contributed by atoms with Crippen LogP contribution in [0.5, 0.6) is 5.19 Å². The number of nitrogens with zero attached hydrogens (tertiary/aromatic N) is 3. The normalized spacial score (nSPS) is 24.2. The highest BCUT2D eigenvalue weighted by molar-refractivity contribution is 7.13. The Bertz CT molecular complexity index is 1210. The minimum Gasteiger partial charge on any atom is -0.470 e. The standard InChI is InChI=1S/C29H36N4O3S/c34-28(24-3-1-5-25-23(24)4-2-13-30-25)31-22-8-6-20(7-9-22)10-14-33-15-11-27-26(17-33)32-29(37-27)36-19-21-12-16-35-18-21/h1-5,13,20-22H,6-12,14-19H2,(H,31,34). The van der Waals surface area contributed by atoms with Gasteiger partial charge in [0, 0.05) is 53.7 Å². The van der Waals surface area contributed by atoms with Gasteiger partial charge in [0.1, 0.15) is 0 Å². The fourth-order valence-corrected chi connectivity index (χ4v) is 6.83. The molecule has 1 saturated carbocycles. The molecule has 1 unspecified atom stereocenters. The van der Waals surface area contributed by atoms with Crippen molar-refractivity contribution in [2.24, 2.45) is 11.8 Å². The van der Waals surface area contributed by atoms with Crippen LogP contribution in [0.15, 0.2) is 36.5 Å². The molecule has 2 aliphatic heterocycles. The number of rotatable bonds is 8. The van der Waals surface area contributed by atoms with Crippen molar-refractivity contribution in [3.05, 3.63) is 52.7 Å². The average molecular weight is 521 g/mol. The van der Waals surface area contributed by atoms with Gasteiger partial charge in [-0.3, -0.25) is 14.7 Å². The lowest BCUT2D eigenvalue weighted by atomic mass is 9.84. The summed E-state index contributed by atoms with van der Waals surface area (Å²) >= 11 is 1.73. The monoisotopic (exact) mass is 520 g/mol. The molecule has 1 amide bonds. The van der Waals surface area contributed by atoms with Crippen LogP contribution in [0.25, 0.3) is 10.9 Å². The number of benzene rings is 1. The van der Waals surface area contributed by atoms with Gasteiger partial charge < -0.3 is 14.8 Å². The maximum atomic E-state index is 13.0. The number of ether oxygens (including phenoxy) is 2. The summed E-state index contributed by atoms with van der Waals surface area (Å²) in [6.07, 6.45) is 9.64. The Labute approximate surface area is 222 Å². The van der Waals surface area contributed by atoms with Crippen LogP contribution in [-0.4, -0.2) is 59.7 Å². The zero-order chi connectivity index (χ0) is 25.0. The summed E-state index contributed by atoms with van der Waals surface area (Å²) in [6, 6.07) is 9.89. The Morgan fingerprint density at radius 1 is 1.14 bits per heavy atom. The number of fused-ring (bicyclic) bond motifs is 2. The van der Waals surface area contributed by atoms with Gasteiger partial charge in [-0.05, 0) is 75.6 Å². The second-order valence-corrected chi connectivity index (χ2v) is 11.8. The van der Waals surface area contributed by atoms with Crippen molar-refractivity contribution >= 4 is 28.1 Å². The Morgan fingerprint density at radius 2 is 2.05 bits per heavy atom. The van der Waals surface area contributed by atoms with Crippen molar-refractivity contribution in [3.8, 4) is 5.19 Å². The molecule has 0 spiro atoms. The predicted octanol–water partition coefficient (Wildman–Crippen LogP) is 4.84. The molecule has 7 nitrogen and oxygen atoms in total. The molecule has 37 heavy (non-hydrogen) atoms. The maximum Gasteiger partial charge on any atom is 0.273 e. The quantitative estimate of drug-likeness (QED) is 0.458. The average Bonchev–Trinajstić information content (AvgIpc) is 3.60. The van der Waals surface area contributed by atoms with Gasteiger partial charge in [-0.1, -0.05) is 23.5 Å². The molecule has 0 radical (unpaired) electrons. The Morgan fingerprint density at radius 3 is 2.92 bits per heavy atom. The van der Waals surface area contributed by atoms with E-state index in [-0.39, 0.29) is 11.9 Å². The van der Waals surface area contributed by atoms with Crippen molar-refractivity contribution in [1.82, 2.24) is 20.2 Å². The summed E-state index contributed by atoms with van der Waals surface area (Å²) < 4.78 is 11.4. The molecule has 1 aromatic carbocycles. The van der Waals surface area contributed by atoms with Gasteiger partial charge in [0.05, 0.1) is 24.4 Å². The number of pyridine rings is 1. The van der Waals surface area contributed by atoms with E-state index in [2.05, 4.69) is 15.2 Å². The Kier molecular flexibility index (Phi) is 7.67. The predicted molar refractivity (Wildman–Crippen MR) is 145 cm³/mol. The first-order valence-corrected chi connectivity index (χ1v) is 14.6. The van der Waals surface area contributed by atoms with Crippen LogP contribution >= 0.6 is 11.3 Å². The summed E-state index contributed by atoms with van der Waals surface area (Å²) in [6.45, 7) is 5.56. The van der Waals surface area contributed by atoms with Gasteiger partial charge in [0.2, 0.25) is 0 Å². The van der Waals surface area contributed by atoms with E-state index in [1.165, 1.54) is 29.8 Å². The number of aromatic nitrogens is 2. The number of hydrogen-bond donors (Lipinski definition) is 1. The smallest absolute Gasteiger partial charge is 0.273 e. The third kappa shape index (κ3) is 5.97. The fraction of sp³-hybridized carbons (Fsp3) is 0.552. The summed E-state index contributed by atoms with van der Waals surface area (Å²) in [5.41, 5.74) is 2.80. The second-order valence-electron chi connectivity index (χ2n) is 10.8. The van der Waals surface area contributed by atoms with E-state index in [1.54, 1.807) is 17.5 Å². The van der Waals surface area contributed by atoms with E-state index >= 15 is 0 Å². The summed E-state index contributed by atoms with van der Waals surface area (Å²) in [4.78, 5) is 26.1. The van der Waals surface area contributed by atoms with Gasteiger partial charge in [0.15, 0.2) is 0 Å². The van der Waals surface area contributed by atoms with Crippen molar-refractivity contribution in [2.75, 3.05) is 32.9 Å². The number of thiazole rings is 1.